The minimum atomic E-state index is -4.01. The number of benzene rings is 3. The maximum atomic E-state index is 13.4. The van der Waals surface area contributed by atoms with Crippen LogP contribution in [0.15, 0.2) is 71.6 Å². The van der Waals surface area contributed by atoms with E-state index in [4.69, 9.17) is 16.3 Å². The van der Waals surface area contributed by atoms with Crippen molar-refractivity contribution in [1.82, 2.24) is 0 Å². The van der Waals surface area contributed by atoms with E-state index in [0.29, 0.717) is 27.7 Å². The standard InChI is InChI=1S/C23H23ClN2O4S/c1-16-7-9-18(10-8-16)26(31(28,29)20-13-11-19(30-3)12-14-20)15-23(27)25-22-6-4-5-21(24)17(22)2/h4-14H,15H2,1-3H3,(H,25,27). The molecule has 8 heteroatoms. The van der Waals surface area contributed by atoms with Crippen LogP contribution in [-0.2, 0) is 14.8 Å². The zero-order valence-corrected chi connectivity index (χ0v) is 19.0. The summed E-state index contributed by atoms with van der Waals surface area (Å²) in [5.41, 5.74) is 2.60. The van der Waals surface area contributed by atoms with Crippen molar-refractivity contribution in [2.24, 2.45) is 0 Å². The molecule has 31 heavy (non-hydrogen) atoms. The first-order chi connectivity index (χ1) is 14.7. The van der Waals surface area contributed by atoms with Gasteiger partial charge in [-0.3, -0.25) is 9.10 Å². The van der Waals surface area contributed by atoms with Crippen molar-refractivity contribution in [2.75, 3.05) is 23.3 Å². The fourth-order valence-corrected chi connectivity index (χ4v) is 4.56. The van der Waals surface area contributed by atoms with E-state index in [-0.39, 0.29) is 4.90 Å². The first-order valence-corrected chi connectivity index (χ1v) is 11.3. The number of carbonyl (C=O) groups excluding carboxylic acids is 1. The van der Waals surface area contributed by atoms with Crippen LogP contribution in [-0.4, -0.2) is 28.0 Å². The average Bonchev–Trinajstić information content (AvgIpc) is 2.76. The Kier molecular flexibility index (Phi) is 6.87. The molecule has 0 saturated heterocycles. The molecule has 0 aromatic heterocycles. The Morgan fingerprint density at radius 3 is 2.26 bits per heavy atom. The van der Waals surface area contributed by atoms with Crippen molar-refractivity contribution in [1.29, 1.82) is 0 Å². The summed E-state index contributed by atoms with van der Waals surface area (Å²) in [5.74, 6) is 0.0537. The normalized spacial score (nSPS) is 11.1. The summed E-state index contributed by atoms with van der Waals surface area (Å²) in [7, 11) is -2.50. The fraction of sp³-hybridized carbons (Fsp3) is 0.174. The van der Waals surface area contributed by atoms with Crippen LogP contribution in [0.5, 0.6) is 5.75 Å². The summed E-state index contributed by atoms with van der Waals surface area (Å²) in [6, 6.07) is 18.1. The molecule has 162 valence electrons. The molecule has 0 unspecified atom stereocenters. The minimum absolute atomic E-state index is 0.0561. The SMILES string of the molecule is COc1ccc(S(=O)(=O)N(CC(=O)Nc2cccc(Cl)c2C)c2ccc(C)cc2)cc1. The van der Waals surface area contributed by atoms with E-state index < -0.39 is 22.5 Å². The summed E-state index contributed by atoms with van der Waals surface area (Å²) >= 11 is 6.12. The van der Waals surface area contributed by atoms with Gasteiger partial charge in [0.15, 0.2) is 0 Å². The minimum Gasteiger partial charge on any atom is -0.497 e. The molecule has 6 nitrogen and oxygen atoms in total. The number of anilines is 2. The highest BCUT2D eigenvalue weighted by Crippen LogP contribution is 2.27. The van der Waals surface area contributed by atoms with Crippen LogP contribution < -0.4 is 14.4 Å². The molecular formula is C23H23ClN2O4S. The molecule has 0 atom stereocenters. The third-order valence-corrected chi connectivity index (χ3v) is 7.00. The molecule has 0 bridgehead atoms. The van der Waals surface area contributed by atoms with Gasteiger partial charge >= 0.3 is 0 Å². The summed E-state index contributed by atoms with van der Waals surface area (Å²) in [5, 5.41) is 3.27. The number of halogens is 1. The van der Waals surface area contributed by atoms with Crippen molar-refractivity contribution in [3.05, 3.63) is 82.9 Å². The van der Waals surface area contributed by atoms with E-state index in [0.717, 1.165) is 9.87 Å². The molecule has 0 aliphatic heterocycles. The Bertz CT molecular complexity index is 1180. The van der Waals surface area contributed by atoms with Crippen LogP contribution in [0.4, 0.5) is 11.4 Å². The predicted octanol–water partition coefficient (Wildman–Crippen LogP) is 4.80. The van der Waals surface area contributed by atoms with Crippen LogP contribution in [0.25, 0.3) is 0 Å². The third-order valence-electron chi connectivity index (χ3n) is 4.80. The van der Waals surface area contributed by atoms with E-state index in [1.165, 1.54) is 19.2 Å². The fourth-order valence-electron chi connectivity index (χ4n) is 2.96. The number of hydrogen-bond donors (Lipinski definition) is 1. The molecule has 3 aromatic rings. The number of carbonyl (C=O) groups is 1. The van der Waals surface area contributed by atoms with Crippen LogP contribution in [0.3, 0.4) is 0 Å². The van der Waals surface area contributed by atoms with Crippen molar-refractivity contribution in [2.45, 2.75) is 18.7 Å². The molecule has 0 spiro atoms. The lowest BCUT2D eigenvalue weighted by Crippen LogP contribution is -2.38. The van der Waals surface area contributed by atoms with E-state index in [1.807, 2.05) is 6.92 Å². The van der Waals surface area contributed by atoms with Crippen molar-refractivity contribution >= 4 is 38.9 Å². The summed E-state index contributed by atoms with van der Waals surface area (Å²) < 4.78 is 33.0. The monoisotopic (exact) mass is 458 g/mol. The summed E-state index contributed by atoms with van der Waals surface area (Å²) in [6.45, 7) is 3.29. The highest BCUT2D eigenvalue weighted by molar-refractivity contribution is 7.92. The van der Waals surface area contributed by atoms with Gasteiger partial charge in [0.1, 0.15) is 12.3 Å². The second-order valence-corrected chi connectivity index (χ2v) is 9.25. The molecule has 1 amide bonds. The molecule has 1 N–H and O–H groups in total. The van der Waals surface area contributed by atoms with Gasteiger partial charge in [-0.1, -0.05) is 35.4 Å². The predicted molar refractivity (Wildman–Crippen MR) is 124 cm³/mol. The number of rotatable bonds is 7. The molecule has 0 heterocycles. The van der Waals surface area contributed by atoms with Crippen LogP contribution >= 0.6 is 11.6 Å². The first-order valence-electron chi connectivity index (χ1n) is 9.51. The molecule has 0 radical (unpaired) electrons. The maximum Gasteiger partial charge on any atom is 0.264 e. The Labute approximate surface area is 187 Å². The summed E-state index contributed by atoms with van der Waals surface area (Å²) in [6.07, 6.45) is 0. The highest BCUT2D eigenvalue weighted by Gasteiger charge is 2.27. The van der Waals surface area contributed by atoms with Gasteiger partial charge in [-0.15, -0.1) is 0 Å². The quantitative estimate of drug-likeness (QED) is 0.551. The Hall–Kier alpha value is -3.03. The van der Waals surface area contributed by atoms with E-state index in [9.17, 15) is 13.2 Å². The number of aryl methyl sites for hydroxylation is 1. The third kappa shape index (κ3) is 5.18. The van der Waals surface area contributed by atoms with E-state index >= 15 is 0 Å². The molecule has 0 aliphatic rings. The Morgan fingerprint density at radius 2 is 1.65 bits per heavy atom. The van der Waals surface area contributed by atoms with Gasteiger partial charge in [0.2, 0.25) is 5.91 Å². The topological polar surface area (TPSA) is 75.7 Å². The van der Waals surface area contributed by atoms with E-state index in [1.54, 1.807) is 61.5 Å². The van der Waals surface area contributed by atoms with Crippen LogP contribution in [0.1, 0.15) is 11.1 Å². The maximum absolute atomic E-state index is 13.4. The van der Waals surface area contributed by atoms with Crippen LogP contribution in [0, 0.1) is 13.8 Å². The number of sulfonamides is 1. The Balaban J connectivity index is 1.95. The van der Waals surface area contributed by atoms with E-state index in [2.05, 4.69) is 5.32 Å². The number of nitrogens with zero attached hydrogens (tertiary/aromatic N) is 1. The molecular weight excluding hydrogens is 436 g/mol. The van der Waals surface area contributed by atoms with Crippen molar-refractivity contribution in [3.8, 4) is 5.75 Å². The second kappa shape index (κ2) is 9.41. The van der Waals surface area contributed by atoms with Gasteiger partial charge in [0.25, 0.3) is 10.0 Å². The second-order valence-electron chi connectivity index (χ2n) is 6.98. The number of hydrogen-bond acceptors (Lipinski definition) is 4. The summed E-state index contributed by atoms with van der Waals surface area (Å²) in [4.78, 5) is 12.9. The number of amides is 1. The lowest BCUT2D eigenvalue weighted by Gasteiger charge is -2.24. The molecule has 3 aromatic carbocycles. The van der Waals surface area contributed by atoms with Gasteiger partial charge < -0.3 is 10.1 Å². The van der Waals surface area contributed by atoms with Gasteiger partial charge in [-0.2, -0.15) is 0 Å². The van der Waals surface area contributed by atoms with Crippen molar-refractivity contribution in [3.63, 3.8) is 0 Å². The zero-order chi connectivity index (χ0) is 22.6. The Morgan fingerprint density at radius 1 is 1.00 bits per heavy atom. The van der Waals surface area contributed by atoms with Gasteiger partial charge in [-0.25, -0.2) is 8.42 Å². The first kappa shape index (κ1) is 22.7. The lowest BCUT2D eigenvalue weighted by molar-refractivity contribution is -0.114. The smallest absolute Gasteiger partial charge is 0.264 e. The van der Waals surface area contributed by atoms with Crippen LogP contribution in [0.2, 0.25) is 5.02 Å². The van der Waals surface area contributed by atoms with Gasteiger partial charge in [0.05, 0.1) is 17.7 Å². The zero-order valence-electron chi connectivity index (χ0n) is 17.4. The number of nitrogens with one attached hydrogen (secondary N) is 1. The van der Waals surface area contributed by atoms with Gasteiger partial charge in [-0.05, 0) is 67.9 Å². The lowest BCUT2D eigenvalue weighted by atomic mass is 10.2. The molecule has 3 rings (SSSR count). The molecule has 0 fully saturated rings. The largest absolute Gasteiger partial charge is 0.497 e. The number of ether oxygens (including phenoxy) is 1. The molecule has 0 aliphatic carbocycles. The van der Waals surface area contributed by atoms with Crippen molar-refractivity contribution < 1.29 is 17.9 Å². The molecule has 0 saturated carbocycles. The number of methoxy groups -OCH3 is 1. The van der Waals surface area contributed by atoms with Gasteiger partial charge in [0, 0.05) is 10.7 Å². The highest BCUT2D eigenvalue weighted by atomic mass is 35.5. The average molecular weight is 459 g/mol.